The van der Waals surface area contributed by atoms with E-state index < -0.39 is 0 Å². The van der Waals surface area contributed by atoms with Crippen LogP contribution in [0.15, 0.2) is 24.3 Å². The zero-order chi connectivity index (χ0) is 16.1. The summed E-state index contributed by atoms with van der Waals surface area (Å²) in [4.78, 5) is 14.4. The quantitative estimate of drug-likeness (QED) is 0.873. The van der Waals surface area contributed by atoms with Crippen molar-refractivity contribution >= 4 is 5.91 Å². The third-order valence-electron chi connectivity index (χ3n) is 4.87. The molecule has 2 heterocycles. The molecule has 0 radical (unpaired) electrons. The first-order valence-electron chi connectivity index (χ1n) is 8.68. The smallest absolute Gasteiger partial charge is 0.221 e. The molecular weight excluding hydrogens is 293 g/mol. The van der Waals surface area contributed by atoms with Crippen molar-refractivity contribution in [3.8, 4) is 0 Å². The Morgan fingerprint density at radius 1 is 1.22 bits per heavy atom. The third kappa shape index (κ3) is 5.01. The number of benzene rings is 1. The van der Waals surface area contributed by atoms with Crippen LogP contribution in [0, 0.1) is 5.82 Å². The van der Waals surface area contributed by atoms with Gasteiger partial charge in [-0.3, -0.25) is 9.69 Å². The molecule has 1 amide bonds. The van der Waals surface area contributed by atoms with E-state index in [1.54, 1.807) is 0 Å². The van der Waals surface area contributed by atoms with Gasteiger partial charge in [0.1, 0.15) is 5.82 Å². The van der Waals surface area contributed by atoms with Gasteiger partial charge in [-0.15, -0.1) is 0 Å². The van der Waals surface area contributed by atoms with Crippen molar-refractivity contribution in [1.82, 2.24) is 15.5 Å². The van der Waals surface area contributed by atoms with Gasteiger partial charge >= 0.3 is 0 Å². The molecule has 2 fully saturated rings. The molecule has 1 atom stereocenters. The van der Waals surface area contributed by atoms with Crippen molar-refractivity contribution in [2.24, 2.45) is 0 Å². The first-order valence-corrected chi connectivity index (χ1v) is 8.68. The Labute approximate surface area is 137 Å². The van der Waals surface area contributed by atoms with Gasteiger partial charge in [0.05, 0.1) is 0 Å². The van der Waals surface area contributed by atoms with Gasteiger partial charge in [-0.25, -0.2) is 4.39 Å². The van der Waals surface area contributed by atoms with E-state index in [9.17, 15) is 9.18 Å². The summed E-state index contributed by atoms with van der Waals surface area (Å²) in [6.07, 6.45) is 4.88. The fourth-order valence-electron chi connectivity index (χ4n) is 3.52. The molecule has 126 valence electrons. The summed E-state index contributed by atoms with van der Waals surface area (Å²) >= 11 is 0. The summed E-state index contributed by atoms with van der Waals surface area (Å²) in [5, 5.41) is 6.55. The number of rotatable bonds is 5. The zero-order valence-corrected chi connectivity index (χ0v) is 13.6. The molecule has 2 aliphatic heterocycles. The lowest BCUT2D eigenvalue weighted by molar-refractivity contribution is -0.122. The third-order valence-corrected chi connectivity index (χ3v) is 4.87. The van der Waals surface area contributed by atoms with Gasteiger partial charge in [-0.05, 0) is 49.9 Å². The summed E-state index contributed by atoms with van der Waals surface area (Å²) in [6.45, 7) is 3.85. The van der Waals surface area contributed by atoms with Crippen molar-refractivity contribution in [3.63, 3.8) is 0 Å². The predicted molar refractivity (Wildman–Crippen MR) is 88.5 cm³/mol. The van der Waals surface area contributed by atoms with E-state index in [0.717, 1.165) is 51.0 Å². The monoisotopic (exact) mass is 319 g/mol. The molecule has 0 saturated carbocycles. The second kappa shape index (κ2) is 7.88. The van der Waals surface area contributed by atoms with Crippen molar-refractivity contribution in [3.05, 3.63) is 35.6 Å². The van der Waals surface area contributed by atoms with Crippen LogP contribution in [-0.2, 0) is 11.3 Å². The summed E-state index contributed by atoms with van der Waals surface area (Å²) in [6, 6.07) is 7.39. The number of piperidine rings is 1. The number of halogens is 1. The lowest BCUT2D eigenvalue weighted by atomic mass is 10.0. The van der Waals surface area contributed by atoms with E-state index in [2.05, 4.69) is 15.5 Å². The molecular formula is C18H26FN3O. The molecule has 2 aliphatic rings. The summed E-state index contributed by atoms with van der Waals surface area (Å²) < 4.78 is 12.9. The van der Waals surface area contributed by atoms with Gasteiger partial charge in [0.2, 0.25) is 5.91 Å². The molecule has 0 aliphatic carbocycles. The fraction of sp³-hybridized carbons (Fsp3) is 0.611. The fourth-order valence-corrected chi connectivity index (χ4v) is 3.52. The number of carbonyl (C=O) groups is 1. The number of carbonyl (C=O) groups excluding carboxylic acids is 1. The number of likely N-dealkylation sites (tertiary alicyclic amines) is 1. The predicted octanol–water partition coefficient (Wildman–Crippen LogP) is 2.05. The number of nitrogens with zero attached hydrogens (tertiary/aromatic N) is 1. The Hall–Kier alpha value is -1.46. The maximum Gasteiger partial charge on any atom is 0.221 e. The largest absolute Gasteiger partial charge is 0.353 e. The Bertz CT molecular complexity index is 506. The van der Waals surface area contributed by atoms with Gasteiger partial charge in [-0.1, -0.05) is 12.1 Å². The second-order valence-electron chi connectivity index (χ2n) is 6.74. The molecule has 0 aromatic heterocycles. The van der Waals surface area contributed by atoms with Crippen LogP contribution in [0.4, 0.5) is 4.39 Å². The van der Waals surface area contributed by atoms with Crippen LogP contribution in [0.1, 0.15) is 37.7 Å². The lowest BCUT2D eigenvalue weighted by Crippen LogP contribution is -2.45. The van der Waals surface area contributed by atoms with E-state index in [1.807, 2.05) is 12.1 Å². The first-order chi connectivity index (χ1) is 11.2. The number of nitrogens with one attached hydrogen (secondary N) is 2. The average Bonchev–Trinajstić information content (AvgIpc) is 3.04. The zero-order valence-electron chi connectivity index (χ0n) is 13.6. The van der Waals surface area contributed by atoms with Crippen LogP contribution >= 0.6 is 0 Å². The van der Waals surface area contributed by atoms with Crippen LogP contribution in [-0.4, -0.2) is 42.5 Å². The summed E-state index contributed by atoms with van der Waals surface area (Å²) in [5.74, 6) is -0.00620. The maximum absolute atomic E-state index is 12.9. The Morgan fingerprint density at radius 2 is 1.96 bits per heavy atom. The highest BCUT2D eigenvalue weighted by Gasteiger charge is 2.23. The first kappa shape index (κ1) is 16.4. The number of hydrogen-bond donors (Lipinski definition) is 2. The Kier molecular flexibility index (Phi) is 5.62. The minimum Gasteiger partial charge on any atom is -0.353 e. The van der Waals surface area contributed by atoms with Crippen molar-refractivity contribution in [1.29, 1.82) is 0 Å². The normalized spacial score (nSPS) is 23.1. The number of hydrogen-bond acceptors (Lipinski definition) is 3. The highest BCUT2D eigenvalue weighted by Crippen LogP contribution is 2.15. The molecule has 0 bridgehead atoms. The second-order valence-corrected chi connectivity index (χ2v) is 6.74. The lowest BCUT2D eigenvalue weighted by Gasteiger charge is -2.32. The standard InChI is InChI=1S/C18H26FN3O/c19-15-5-3-14(4-6-15)13-22-10-7-16(8-11-22)21-18(23)12-17-2-1-9-20-17/h3-6,16-17,20H,1-2,7-13H2,(H,21,23). The topological polar surface area (TPSA) is 44.4 Å². The minimum absolute atomic E-state index is 0.182. The van der Waals surface area contributed by atoms with Gasteiger partial charge < -0.3 is 10.6 Å². The molecule has 23 heavy (non-hydrogen) atoms. The van der Waals surface area contributed by atoms with Crippen molar-refractivity contribution < 1.29 is 9.18 Å². The van der Waals surface area contributed by atoms with Crippen LogP contribution in [0.5, 0.6) is 0 Å². The molecule has 1 aromatic carbocycles. The Balaban J connectivity index is 1.37. The van der Waals surface area contributed by atoms with Crippen LogP contribution in [0.3, 0.4) is 0 Å². The van der Waals surface area contributed by atoms with Gasteiger partial charge in [0, 0.05) is 38.1 Å². The summed E-state index contributed by atoms with van der Waals surface area (Å²) in [5.41, 5.74) is 1.14. The van der Waals surface area contributed by atoms with E-state index >= 15 is 0 Å². The van der Waals surface area contributed by atoms with E-state index in [0.29, 0.717) is 18.5 Å². The average molecular weight is 319 g/mol. The van der Waals surface area contributed by atoms with E-state index in [-0.39, 0.29) is 11.7 Å². The molecule has 5 heteroatoms. The van der Waals surface area contributed by atoms with Gasteiger partial charge in [-0.2, -0.15) is 0 Å². The van der Waals surface area contributed by atoms with E-state index in [1.165, 1.54) is 18.6 Å². The van der Waals surface area contributed by atoms with E-state index in [4.69, 9.17) is 0 Å². The molecule has 1 unspecified atom stereocenters. The maximum atomic E-state index is 12.9. The van der Waals surface area contributed by atoms with Crippen molar-refractivity contribution in [2.45, 2.75) is 50.7 Å². The molecule has 2 saturated heterocycles. The summed E-state index contributed by atoms with van der Waals surface area (Å²) in [7, 11) is 0. The number of amides is 1. The van der Waals surface area contributed by atoms with Crippen molar-refractivity contribution in [2.75, 3.05) is 19.6 Å². The van der Waals surface area contributed by atoms with Crippen LogP contribution in [0.2, 0.25) is 0 Å². The molecule has 3 rings (SSSR count). The van der Waals surface area contributed by atoms with Gasteiger partial charge in [0.25, 0.3) is 0 Å². The highest BCUT2D eigenvalue weighted by molar-refractivity contribution is 5.76. The molecule has 0 spiro atoms. The molecule has 2 N–H and O–H groups in total. The van der Waals surface area contributed by atoms with Crippen LogP contribution < -0.4 is 10.6 Å². The highest BCUT2D eigenvalue weighted by atomic mass is 19.1. The van der Waals surface area contributed by atoms with Crippen LogP contribution in [0.25, 0.3) is 0 Å². The molecule has 1 aromatic rings. The van der Waals surface area contributed by atoms with Gasteiger partial charge in [0.15, 0.2) is 0 Å². The molecule has 4 nitrogen and oxygen atoms in total. The Morgan fingerprint density at radius 3 is 2.61 bits per heavy atom. The minimum atomic E-state index is -0.188. The SMILES string of the molecule is O=C(CC1CCCN1)NC1CCN(Cc2ccc(F)cc2)CC1.